The van der Waals surface area contributed by atoms with Crippen LogP contribution in [0.5, 0.6) is 0 Å². The molecule has 8 heteroatoms. The van der Waals surface area contributed by atoms with Gasteiger partial charge in [0.05, 0.1) is 10.6 Å². The summed E-state index contributed by atoms with van der Waals surface area (Å²) in [6.07, 6.45) is 2.70. The molecule has 3 rings (SSSR count). The number of likely N-dealkylation sites (tertiary alicyclic amines) is 2. The van der Waals surface area contributed by atoms with Crippen LogP contribution < -0.4 is 5.32 Å². The van der Waals surface area contributed by atoms with Gasteiger partial charge in [-0.15, -0.1) is 0 Å². The maximum Gasteiger partial charge on any atom is 0.256 e. The van der Waals surface area contributed by atoms with Gasteiger partial charge in [0, 0.05) is 37.6 Å². The molecule has 2 aliphatic rings. The number of hydrogen-bond donors (Lipinski definition) is 1. The lowest BCUT2D eigenvalue weighted by molar-refractivity contribution is -0.138. The molecule has 2 fully saturated rings. The predicted octanol–water partition coefficient (Wildman–Crippen LogP) is 2.58. The number of nitrogens with zero attached hydrogens (tertiary/aromatic N) is 2. The Bertz CT molecular complexity index is 748. The summed E-state index contributed by atoms with van der Waals surface area (Å²) in [5, 5.41) is 3.42. The van der Waals surface area contributed by atoms with Crippen LogP contribution in [0.15, 0.2) is 18.2 Å². The van der Waals surface area contributed by atoms with Crippen molar-refractivity contribution in [3.8, 4) is 0 Å². The Morgan fingerprint density at radius 2 is 1.78 bits per heavy atom. The third-order valence-corrected chi connectivity index (χ3v) is 5.95. The number of piperidine rings is 1. The third kappa shape index (κ3) is 4.22. The minimum Gasteiger partial charge on any atom is -0.359 e. The quantitative estimate of drug-likeness (QED) is 0.830. The van der Waals surface area contributed by atoms with E-state index in [0.29, 0.717) is 54.5 Å². The molecule has 0 radical (unpaired) electrons. The summed E-state index contributed by atoms with van der Waals surface area (Å²) in [5.41, 5.74) is 0.321. The predicted molar refractivity (Wildman–Crippen MR) is 104 cm³/mol. The van der Waals surface area contributed by atoms with Gasteiger partial charge in [-0.05, 0) is 43.9 Å². The second-order valence-corrected chi connectivity index (χ2v) is 7.84. The van der Waals surface area contributed by atoms with Crippen molar-refractivity contribution >= 4 is 40.9 Å². The molecule has 2 heterocycles. The van der Waals surface area contributed by atoms with Crippen LogP contribution in [-0.2, 0) is 9.59 Å². The number of rotatable bonds is 3. The molecule has 0 bridgehead atoms. The van der Waals surface area contributed by atoms with Crippen LogP contribution in [-0.4, -0.2) is 60.2 Å². The molecule has 2 aliphatic heterocycles. The molecule has 2 saturated heterocycles. The molecule has 0 spiro atoms. The van der Waals surface area contributed by atoms with Gasteiger partial charge in [-0.3, -0.25) is 14.4 Å². The van der Waals surface area contributed by atoms with Crippen molar-refractivity contribution in [3.63, 3.8) is 0 Å². The van der Waals surface area contributed by atoms with Gasteiger partial charge in [0.1, 0.15) is 6.04 Å². The zero-order chi connectivity index (χ0) is 19.6. The van der Waals surface area contributed by atoms with E-state index < -0.39 is 6.04 Å². The Balaban J connectivity index is 1.69. The molecule has 0 saturated carbocycles. The Labute approximate surface area is 168 Å². The molecule has 0 unspecified atom stereocenters. The fraction of sp³-hybridized carbons (Fsp3) is 0.526. The Morgan fingerprint density at radius 1 is 1.07 bits per heavy atom. The normalized spacial score (nSPS) is 20.6. The van der Waals surface area contributed by atoms with Crippen molar-refractivity contribution < 1.29 is 14.4 Å². The molecule has 1 aromatic rings. The first-order valence-electron chi connectivity index (χ1n) is 9.18. The number of nitrogens with one attached hydrogen (secondary N) is 1. The highest BCUT2D eigenvalue weighted by Gasteiger charge is 2.38. The fourth-order valence-corrected chi connectivity index (χ4v) is 4.23. The van der Waals surface area contributed by atoms with Crippen molar-refractivity contribution in [2.75, 3.05) is 26.7 Å². The van der Waals surface area contributed by atoms with E-state index in [2.05, 4.69) is 5.32 Å². The molecule has 1 atom stereocenters. The largest absolute Gasteiger partial charge is 0.359 e. The van der Waals surface area contributed by atoms with Gasteiger partial charge in [-0.25, -0.2) is 0 Å². The summed E-state index contributed by atoms with van der Waals surface area (Å²) in [6, 6.07) is 4.28. The van der Waals surface area contributed by atoms with E-state index in [4.69, 9.17) is 23.2 Å². The number of hydrogen-bond acceptors (Lipinski definition) is 3. The minimum atomic E-state index is -0.482. The van der Waals surface area contributed by atoms with Crippen LogP contribution in [0.4, 0.5) is 0 Å². The van der Waals surface area contributed by atoms with Gasteiger partial charge < -0.3 is 15.1 Å². The van der Waals surface area contributed by atoms with Gasteiger partial charge in [-0.1, -0.05) is 23.2 Å². The van der Waals surface area contributed by atoms with Crippen LogP contribution in [0.1, 0.15) is 36.0 Å². The van der Waals surface area contributed by atoms with E-state index in [1.807, 2.05) is 0 Å². The molecule has 6 nitrogen and oxygen atoms in total. The monoisotopic (exact) mass is 411 g/mol. The zero-order valence-corrected chi connectivity index (χ0v) is 16.7. The molecule has 0 aromatic heterocycles. The second kappa shape index (κ2) is 8.48. The summed E-state index contributed by atoms with van der Waals surface area (Å²) in [7, 11) is 1.63. The fourth-order valence-electron chi connectivity index (χ4n) is 3.86. The topological polar surface area (TPSA) is 69.7 Å². The van der Waals surface area contributed by atoms with E-state index in [9.17, 15) is 14.4 Å². The van der Waals surface area contributed by atoms with E-state index in [0.717, 1.165) is 6.42 Å². The molecule has 0 aliphatic carbocycles. The first-order valence-corrected chi connectivity index (χ1v) is 9.94. The van der Waals surface area contributed by atoms with Gasteiger partial charge >= 0.3 is 0 Å². The first-order chi connectivity index (χ1) is 12.9. The third-order valence-electron chi connectivity index (χ3n) is 5.38. The Morgan fingerprint density at radius 3 is 2.44 bits per heavy atom. The number of carbonyl (C=O) groups is 3. The highest BCUT2D eigenvalue weighted by atomic mass is 35.5. The summed E-state index contributed by atoms with van der Waals surface area (Å²) in [6.45, 7) is 1.59. The summed E-state index contributed by atoms with van der Waals surface area (Å²) in [4.78, 5) is 41.1. The maximum atomic E-state index is 13.0. The standard InChI is InChI=1S/C19H23Cl2N3O3/c1-22-17(25)12-6-9-23(10-7-12)19(27)16-3-2-8-24(16)18(26)14-11-13(20)4-5-15(14)21/h4-5,11-12,16H,2-3,6-10H2,1H3,(H,22,25)/t16-/m1/s1. The summed E-state index contributed by atoms with van der Waals surface area (Å²) < 4.78 is 0. The molecule has 1 aromatic carbocycles. The highest BCUT2D eigenvalue weighted by Crippen LogP contribution is 2.28. The van der Waals surface area contributed by atoms with E-state index >= 15 is 0 Å². The smallest absolute Gasteiger partial charge is 0.256 e. The average molecular weight is 412 g/mol. The van der Waals surface area contributed by atoms with Crippen LogP contribution in [0, 0.1) is 5.92 Å². The number of amides is 3. The van der Waals surface area contributed by atoms with Crippen LogP contribution in [0.2, 0.25) is 10.0 Å². The number of carbonyl (C=O) groups excluding carboxylic acids is 3. The summed E-state index contributed by atoms with van der Waals surface area (Å²) in [5.74, 6) is -0.339. The molecule has 27 heavy (non-hydrogen) atoms. The van der Waals surface area contributed by atoms with Crippen molar-refractivity contribution in [2.24, 2.45) is 5.92 Å². The van der Waals surface area contributed by atoms with Crippen molar-refractivity contribution in [1.82, 2.24) is 15.1 Å². The second-order valence-electron chi connectivity index (χ2n) is 6.99. The lowest BCUT2D eigenvalue weighted by atomic mass is 9.95. The zero-order valence-electron chi connectivity index (χ0n) is 15.2. The SMILES string of the molecule is CNC(=O)C1CCN(C(=O)[C@H]2CCCN2C(=O)c2cc(Cl)ccc2Cl)CC1. The van der Waals surface area contributed by atoms with Crippen LogP contribution in [0.3, 0.4) is 0 Å². The van der Waals surface area contributed by atoms with Crippen molar-refractivity contribution in [2.45, 2.75) is 31.7 Å². The molecule has 1 N–H and O–H groups in total. The molecular formula is C19H23Cl2N3O3. The highest BCUT2D eigenvalue weighted by molar-refractivity contribution is 6.35. The van der Waals surface area contributed by atoms with Crippen LogP contribution in [0.25, 0.3) is 0 Å². The molecular weight excluding hydrogens is 389 g/mol. The van der Waals surface area contributed by atoms with Crippen molar-refractivity contribution in [1.29, 1.82) is 0 Å². The summed E-state index contributed by atoms with van der Waals surface area (Å²) >= 11 is 12.2. The number of benzene rings is 1. The molecule has 146 valence electrons. The van der Waals surface area contributed by atoms with E-state index in [-0.39, 0.29) is 23.6 Å². The Hall–Kier alpha value is -1.79. The van der Waals surface area contributed by atoms with Gasteiger partial charge in [0.25, 0.3) is 5.91 Å². The average Bonchev–Trinajstić information content (AvgIpc) is 3.18. The van der Waals surface area contributed by atoms with Gasteiger partial charge in [-0.2, -0.15) is 0 Å². The first kappa shape index (κ1) is 20.0. The van der Waals surface area contributed by atoms with Gasteiger partial charge in [0.15, 0.2) is 0 Å². The lowest BCUT2D eigenvalue weighted by Gasteiger charge is -2.35. The van der Waals surface area contributed by atoms with Gasteiger partial charge in [0.2, 0.25) is 11.8 Å². The molecule has 3 amide bonds. The maximum absolute atomic E-state index is 13.0. The Kier molecular flexibility index (Phi) is 6.27. The van der Waals surface area contributed by atoms with Crippen LogP contribution >= 0.6 is 23.2 Å². The van der Waals surface area contributed by atoms with E-state index in [1.165, 1.54) is 0 Å². The number of halogens is 2. The lowest BCUT2D eigenvalue weighted by Crippen LogP contribution is -2.51. The minimum absolute atomic E-state index is 0.0235. The van der Waals surface area contributed by atoms with E-state index in [1.54, 1.807) is 35.0 Å². The van der Waals surface area contributed by atoms with Crippen molar-refractivity contribution in [3.05, 3.63) is 33.8 Å².